The summed E-state index contributed by atoms with van der Waals surface area (Å²) in [5.74, 6) is 0.361. The highest BCUT2D eigenvalue weighted by molar-refractivity contribution is 5.13. The summed E-state index contributed by atoms with van der Waals surface area (Å²) in [5, 5.41) is 10.8. The maximum atomic E-state index is 8.08. The minimum Gasteiger partial charge on any atom is -0.462 e. The Hall–Kier alpha value is -1.17. The van der Waals surface area contributed by atoms with Crippen molar-refractivity contribution < 1.29 is 4.74 Å². The number of nitrogens with one attached hydrogen (secondary N) is 1. The lowest BCUT2D eigenvalue weighted by Gasteiger charge is -1.86. The van der Waals surface area contributed by atoms with Crippen LogP contribution < -0.4 is 5.32 Å². The fourth-order valence-corrected chi connectivity index (χ4v) is 0.360. The molecular weight excluding hydrogens is 92.1 g/mol. The number of nitriles is 1. The minimum atomic E-state index is 0.361. The first-order chi connectivity index (χ1) is 3.43. The van der Waals surface area contributed by atoms with E-state index in [1.54, 1.807) is 6.20 Å². The fraction of sp³-hybridized carbons (Fsp3) is 0.250. The maximum Gasteiger partial charge on any atom is 0.214 e. The average molecular weight is 96.1 g/mol. The standard InChI is InChI=1S/C4H4N2O/c5-1-4-2-6-3-7-4/h2,6H,3H2. The Balaban J connectivity index is 2.57. The molecule has 36 valence electrons. The quantitative estimate of drug-likeness (QED) is 0.459. The van der Waals surface area contributed by atoms with Crippen LogP contribution in [0.5, 0.6) is 0 Å². The molecule has 1 N–H and O–H groups in total. The molecule has 1 aliphatic heterocycles. The van der Waals surface area contributed by atoms with Crippen LogP contribution >= 0.6 is 0 Å². The molecule has 0 aliphatic carbocycles. The molecule has 0 amide bonds. The summed E-state index contributed by atoms with van der Waals surface area (Å²) in [5.41, 5.74) is 0. The van der Waals surface area contributed by atoms with Gasteiger partial charge in [0.1, 0.15) is 6.07 Å². The second kappa shape index (κ2) is 1.52. The molecule has 0 bridgehead atoms. The predicted octanol–water partition coefficient (Wildman–Crippen LogP) is -0.0713. The van der Waals surface area contributed by atoms with Gasteiger partial charge in [-0.2, -0.15) is 5.26 Å². The Morgan fingerprint density at radius 3 is 3.14 bits per heavy atom. The summed E-state index contributed by atoms with van der Waals surface area (Å²) in [6.07, 6.45) is 1.54. The van der Waals surface area contributed by atoms with E-state index >= 15 is 0 Å². The van der Waals surface area contributed by atoms with Gasteiger partial charge in [-0.15, -0.1) is 0 Å². The summed E-state index contributed by atoms with van der Waals surface area (Å²) >= 11 is 0. The van der Waals surface area contributed by atoms with Crippen molar-refractivity contribution in [3.8, 4) is 6.07 Å². The molecule has 0 aromatic rings. The first-order valence-electron chi connectivity index (χ1n) is 1.90. The van der Waals surface area contributed by atoms with Crippen molar-refractivity contribution in [1.29, 1.82) is 5.26 Å². The van der Waals surface area contributed by atoms with Crippen molar-refractivity contribution in [1.82, 2.24) is 5.32 Å². The van der Waals surface area contributed by atoms with E-state index in [1.807, 2.05) is 6.07 Å². The predicted molar refractivity (Wildman–Crippen MR) is 22.8 cm³/mol. The second-order valence-corrected chi connectivity index (χ2v) is 1.11. The fourth-order valence-electron chi connectivity index (χ4n) is 0.360. The van der Waals surface area contributed by atoms with Gasteiger partial charge in [-0.3, -0.25) is 0 Å². The normalized spacial score (nSPS) is 16.1. The highest BCUT2D eigenvalue weighted by Gasteiger charge is 1.98. The topological polar surface area (TPSA) is 45.0 Å². The lowest BCUT2D eigenvalue weighted by atomic mass is 10.6. The summed E-state index contributed by atoms with van der Waals surface area (Å²) < 4.78 is 4.69. The van der Waals surface area contributed by atoms with Gasteiger partial charge in [-0.1, -0.05) is 0 Å². The van der Waals surface area contributed by atoms with E-state index < -0.39 is 0 Å². The maximum absolute atomic E-state index is 8.08. The molecule has 1 rings (SSSR count). The Bertz CT molecular complexity index is 133. The van der Waals surface area contributed by atoms with Crippen LogP contribution in [0.4, 0.5) is 0 Å². The number of rotatable bonds is 0. The molecule has 3 nitrogen and oxygen atoms in total. The van der Waals surface area contributed by atoms with E-state index in [0.717, 1.165) is 0 Å². The Labute approximate surface area is 41.2 Å². The van der Waals surface area contributed by atoms with Gasteiger partial charge in [-0.25, -0.2) is 0 Å². The molecule has 1 aliphatic rings. The summed E-state index contributed by atoms with van der Waals surface area (Å²) in [4.78, 5) is 0. The third-order valence-corrected chi connectivity index (χ3v) is 0.654. The third-order valence-electron chi connectivity index (χ3n) is 0.654. The first kappa shape index (κ1) is 4.00. The molecule has 1 heterocycles. The number of hydrogen-bond acceptors (Lipinski definition) is 3. The minimum absolute atomic E-state index is 0.361. The molecule has 0 unspecified atom stereocenters. The monoisotopic (exact) mass is 96.0 g/mol. The second-order valence-electron chi connectivity index (χ2n) is 1.11. The average Bonchev–Trinajstić information content (AvgIpc) is 2.14. The summed E-state index contributed by atoms with van der Waals surface area (Å²) in [6, 6.07) is 1.84. The van der Waals surface area contributed by atoms with Crippen LogP contribution in [-0.4, -0.2) is 6.73 Å². The zero-order chi connectivity index (χ0) is 5.11. The number of ether oxygens (including phenoxy) is 1. The lowest BCUT2D eigenvalue weighted by molar-refractivity contribution is 0.246. The van der Waals surface area contributed by atoms with Crippen molar-refractivity contribution in [2.75, 3.05) is 6.73 Å². The van der Waals surface area contributed by atoms with Gasteiger partial charge in [0.15, 0.2) is 6.73 Å². The van der Waals surface area contributed by atoms with Crippen molar-refractivity contribution >= 4 is 0 Å². The van der Waals surface area contributed by atoms with Gasteiger partial charge in [0.2, 0.25) is 5.76 Å². The van der Waals surface area contributed by atoms with E-state index in [4.69, 9.17) is 10.00 Å². The Kier molecular flexibility index (Phi) is 0.868. The van der Waals surface area contributed by atoms with Gasteiger partial charge in [-0.05, 0) is 0 Å². The molecule has 3 heteroatoms. The van der Waals surface area contributed by atoms with Crippen LogP contribution in [-0.2, 0) is 4.74 Å². The van der Waals surface area contributed by atoms with Crippen LogP contribution in [0.1, 0.15) is 0 Å². The van der Waals surface area contributed by atoms with Crippen molar-refractivity contribution in [2.45, 2.75) is 0 Å². The van der Waals surface area contributed by atoms with Gasteiger partial charge in [0, 0.05) is 0 Å². The third kappa shape index (κ3) is 0.631. The molecule has 0 saturated carbocycles. The van der Waals surface area contributed by atoms with Crippen LogP contribution in [0.25, 0.3) is 0 Å². The van der Waals surface area contributed by atoms with Gasteiger partial charge in [0.25, 0.3) is 0 Å². The molecule has 0 atom stereocenters. The van der Waals surface area contributed by atoms with E-state index in [0.29, 0.717) is 12.5 Å². The van der Waals surface area contributed by atoms with E-state index in [-0.39, 0.29) is 0 Å². The van der Waals surface area contributed by atoms with Crippen molar-refractivity contribution in [3.05, 3.63) is 12.0 Å². The molecule has 0 aromatic heterocycles. The molecule has 7 heavy (non-hydrogen) atoms. The van der Waals surface area contributed by atoms with Crippen molar-refractivity contribution in [3.63, 3.8) is 0 Å². The van der Waals surface area contributed by atoms with E-state index in [9.17, 15) is 0 Å². The largest absolute Gasteiger partial charge is 0.462 e. The van der Waals surface area contributed by atoms with E-state index in [1.165, 1.54) is 0 Å². The van der Waals surface area contributed by atoms with E-state index in [2.05, 4.69) is 5.32 Å². The SMILES string of the molecule is N#CC1=CNCO1. The molecule has 0 fully saturated rings. The molecule has 0 aromatic carbocycles. The molecule has 0 radical (unpaired) electrons. The molecular formula is C4H4N2O. The zero-order valence-electron chi connectivity index (χ0n) is 3.64. The highest BCUT2D eigenvalue weighted by Crippen LogP contribution is 1.96. The first-order valence-corrected chi connectivity index (χ1v) is 1.90. The van der Waals surface area contributed by atoms with Crippen LogP contribution in [0, 0.1) is 11.3 Å². The summed E-state index contributed by atoms with van der Waals surface area (Å²) in [6.45, 7) is 0.433. The van der Waals surface area contributed by atoms with Gasteiger partial charge in [0.05, 0.1) is 6.20 Å². The van der Waals surface area contributed by atoms with Crippen LogP contribution in [0.2, 0.25) is 0 Å². The van der Waals surface area contributed by atoms with Gasteiger partial charge >= 0.3 is 0 Å². The van der Waals surface area contributed by atoms with Crippen LogP contribution in [0.3, 0.4) is 0 Å². The number of nitrogens with zero attached hydrogens (tertiary/aromatic N) is 1. The van der Waals surface area contributed by atoms with Crippen molar-refractivity contribution in [2.24, 2.45) is 0 Å². The Morgan fingerprint density at radius 2 is 2.86 bits per heavy atom. The molecule has 0 spiro atoms. The zero-order valence-corrected chi connectivity index (χ0v) is 3.64. The highest BCUT2D eigenvalue weighted by atomic mass is 16.5. The van der Waals surface area contributed by atoms with Crippen LogP contribution in [0.15, 0.2) is 12.0 Å². The van der Waals surface area contributed by atoms with Gasteiger partial charge < -0.3 is 10.1 Å². The lowest BCUT2D eigenvalue weighted by Crippen LogP contribution is -1.98. The Morgan fingerprint density at radius 1 is 2.00 bits per heavy atom. The number of hydrogen-bond donors (Lipinski definition) is 1. The summed E-state index contributed by atoms with van der Waals surface area (Å²) in [7, 11) is 0. The number of allylic oxidation sites excluding steroid dienone is 1. The molecule has 0 saturated heterocycles. The smallest absolute Gasteiger partial charge is 0.214 e.